The number of sulfone groups is 1. The van der Waals surface area contributed by atoms with E-state index in [4.69, 9.17) is 21.2 Å². The number of fused-ring (bicyclic) bond motifs is 2. The zero-order valence-electron chi connectivity index (χ0n) is 25.2. The molecule has 3 aliphatic rings. The van der Waals surface area contributed by atoms with Gasteiger partial charge in [0.05, 0.1) is 40.5 Å². The molecule has 250 valence electrons. The van der Waals surface area contributed by atoms with Gasteiger partial charge >= 0.3 is 5.97 Å². The second-order valence-corrected chi connectivity index (χ2v) is 14.9. The number of esters is 1. The lowest BCUT2D eigenvalue weighted by Crippen LogP contribution is -2.59. The first kappa shape index (κ1) is 33.4. The Morgan fingerprint density at radius 1 is 1.04 bits per heavy atom. The summed E-state index contributed by atoms with van der Waals surface area (Å²) in [5.74, 6) is -7.92. The van der Waals surface area contributed by atoms with Crippen molar-refractivity contribution in [3.05, 3.63) is 94.3 Å². The van der Waals surface area contributed by atoms with Crippen LogP contribution in [0.25, 0.3) is 0 Å². The van der Waals surface area contributed by atoms with E-state index in [2.05, 4.69) is 5.32 Å². The van der Waals surface area contributed by atoms with Crippen molar-refractivity contribution in [3.8, 4) is 0 Å². The molecule has 1 aliphatic heterocycles. The van der Waals surface area contributed by atoms with Crippen molar-refractivity contribution < 1.29 is 45.9 Å². The van der Waals surface area contributed by atoms with Crippen LogP contribution in [-0.4, -0.2) is 61.1 Å². The minimum atomic E-state index is -4.18. The average molecular weight is 693 g/mol. The van der Waals surface area contributed by atoms with Crippen molar-refractivity contribution in [2.24, 2.45) is 17.8 Å². The molecule has 3 aromatic rings. The highest BCUT2D eigenvalue weighted by Crippen LogP contribution is 2.54. The number of halogens is 4. The van der Waals surface area contributed by atoms with Gasteiger partial charge in [-0.05, 0) is 61.3 Å². The van der Waals surface area contributed by atoms with E-state index in [0.717, 1.165) is 11.6 Å². The van der Waals surface area contributed by atoms with Crippen LogP contribution in [-0.2, 0) is 30.8 Å². The Hall–Kier alpha value is -3.49. The van der Waals surface area contributed by atoms with Crippen LogP contribution in [0.5, 0.6) is 0 Å². The topological polar surface area (TPSA) is 122 Å². The van der Waals surface area contributed by atoms with Crippen LogP contribution in [0.4, 0.5) is 18.9 Å². The number of hydrogen-bond acceptors (Lipinski definition) is 8. The highest BCUT2D eigenvalue weighted by atomic mass is 35.5. The molecule has 6 rings (SSSR count). The van der Waals surface area contributed by atoms with Gasteiger partial charge in [-0.1, -0.05) is 41.9 Å². The summed E-state index contributed by atoms with van der Waals surface area (Å²) in [6, 6.07) is 13.4. The van der Waals surface area contributed by atoms with Crippen molar-refractivity contribution in [1.29, 1.82) is 0 Å². The van der Waals surface area contributed by atoms with Crippen molar-refractivity contribution in [1.82, 2.24) is 5.06 Å². The molecule has 2 bridgehead atoms. The number of hydrogen-bond donors (Lipinski definition) is 2. The van der Waals surface area contributed by atoms with Gasteiger partial charge in [0.15, 0.2) is 27.3 Å². The number of rotatable bonds is 8. The molecular formula is C33H32ClF3N2O7S. The number of hydroxylamine groups is 2. The third kappa shape index (κ3) is 6.27. The number of amides is 1. The van der Waals surface area contributed by atoms with E-state index in [1.807, 2.05) is 30.3 Å². The maximum atomic E-state index is 14.2. The zero-order valence-corrected chi connectivity index (χ0v) is 26.7. The molecule has 3 aromatic carbocycles. The van der Waals surface area contributed by atoms with Gasteiger partial charge in [-0.3, -0.25) is 14.4 Å². The quantitative estimate of drug-likeness (QED) is 0.241. The molecule has 4 atom stereocenters. The van der Waals surface area contributed by atoms with E-state index in [-0.39, 0.29) is 40.6 Å². The number of methoxy groups -OCH3 is 1. The fraction of sp³-hybridized carbons (Fsp3) is 0.394. The smallest absolute Gasteiger partial charge is 0.312 e. The molecule has 0 aromatic heterocycles. The molecule has 1 heterocycles. The summed E-state index contributed by atoms with van der Waals surface area (Å²) < 4.78 is 74.3. The summed E-state index contributed by atoms with van der Waals surface area (Å²) in [7, 11) is -2.91. The van der Waals surface area contributed by atoms with Gasteiger partial charge in [-0.15, -0.1) is 0 Å². The monoisotopic (exact) mass is 692 g/mol. The standard InChI is InChI=1S/C33H32ClF3N2O7S/c1-45-32(41)23-17-46-39(16-18-5-3-2-4-6-18)30(23)33(42)14-20-7-8-21(15-33)29(20)47(43,44)27-11-19(9-10-24(27)34)31(40)38-22-12-25(35)28(37)26(36)13-22/h2-6,9-13,20-21,23,29-30,42H,7-8,14-17H2,1H3,(H,38,40)/t20?,21?,23?,29?,30-,33?/m1/s1. The molecule has 14 heteroatoms. The van der Waals surface area contributed by atoms with Gasteiger partial charge < -0.3 is 15.2 Å². The van der Waals surface area contributed by atoms with E-state index in [0.29, 0.717) is 31.5 Å². The molecule has 47 heavy (non-hydrogen) atoms. The molecule has 3 fully saturated rings. The molecule has 2 saturated carbocycles. The van der Waals surface area contributed by atoms with Gasteiger partial charge in [-0.2, -0.15) is 5.06 Å². The number of benzene rings is 3. The molecule has 9 nitrogen and oxygen atoms in total. The largest absolute Gasteiger partial charge is 0.469 e. The highest BCUT2D eigenvalue weighted by Gasteiger charge is 2.61. The first-order chi connectivity index (χ1) is 22.3. The lowest BCUT2D eigenvalue weighted by molar-refractivity contribution is -0.194. The summed E-state index contributed by atoms with van der Waals surface area (Å²) in [4.78, 5) is 31.4. The number of carbonyl (C=O) groups excluding carboxylic acids is 2. The minimum absolute atomic E-state index is 0.00517. The summed E-state index contributed by atoms with van der Waals surface area (Å²) >= 11 is 6.39. The maximum Gasteiger partial charge on any atom is 0.312 e. The summed E-state index contributed by atoms with van der Waals surface area (Å²) in [6.07, 6.45) is 1.15. The van der Waals surface area contributed by atoms with Gasteiger partial charge in [-0.25, -0.2) is 21.6 Å². The molecule has 3 unspecified atom stereocenters. The summed E-state index contributed by atoms with van der Waals surface area (Å²) in [6.45, 7) is 0.297. The van der Waals surface area contributed by atoms with Gasteiger partial charge in [0, 0.05) is 29.9 Å². The normalized spacial score (nSPS) is 27.5. The number of ether oxygens (including phenoxy) is 1. The lowest BCUT2D eigenvalue weighted by Gasteiger charge is -2.46. The maximum absolute atomic E-state index is 14.2. The Morgan fingerprint density at radius 3 is 2.30 bits per heavy atom. The average Bonchev–Trinajstić information content (AvgIpc) is 3.59. The van der Waals surface area contributed by atoms with E-state index >= 15 is 0 Å². The van der Waals surface area contributed by atoms with E-state index < -0.39 is 73.8 Å². The van der Waals surface area contributed by atoms with Crippen LogP contribution < -0.4 is 5.32 Å². The van der Waals surface area contributed by atoms with Crippen molar-refractivity contribution in [3.63, 3.8) is 0 Å². The number of carbonyl (C=O) groups is 2. The Morgan fingerprint density at radius 2 is 1.68 bits per heavy atom. The summed E-state index contributed by atoms with van der Waals surface area (Å²) in [5.41, 5.74) is -1.09. The second kappa shape index (κ2) is 12.8. The van der Waals surface area contributed by atoms with Crippen LogP contribution >= 0.6 is 11.6 Å². The van der Waals surface area contributed by atoms with Gasteiger partial charge in [0.25, 0.3) is 5.91 Å². The number of anilines is 1. The molecule has 2 N–H and O–H groups in total. The Balaban J connectivity index is 1.26. The molecular weight excluding hydrogens is 661 g/mol. The van der Waals surface area contributed by atoms with E-state index in [9.17, 15) is 36.3 Å². The Bertz CT molecular complexity index is 1780. The van der Waals surface area contributed by atoms with E-state index in [1.54, 1.807) is 5.06 Å². The van der Waals surface area contributed by atoms with Gasteiger partial charge in [0.1, 0.15) is 5.92 Å². The third-order valence-corrected chi connectivity index (χ3v) is 12.4. The summed E-state index contributed by atoms with van der Waals surface area (Å²) in [5, 5.41) is 15.1. The number of aliphatic hydroxyl groups is 1. The number of nitrogens with zero attached hydrogens (tertiary/aromatic N) is 1. The van der Waals surface area contributed by atoms with Crippen LogP contribution in [0, 0.1) is 35.2 Å². The minimum Gasteiger partial charge on any atom is -0.469 e. The fourth-order valence-corrected chi connectivity index (χ4v) is 10.4. The van der Waals surface area contributed by atoms with E-state index in [1.165, 1.54) is 19.2 Å². The van der Waals surface area contributed by atoms with Crippen molar-refractivity contribution in [2.45, 2.75) is 54.0 Å². The Labute approximate surface area is 274 Å². The molecule has 0 radical (unpaired) electrons. The molecule has 1 amide bonds. The Kier molecular flexibility index (Phi) is 9.13. The van der Waals surface area contributed by atoms with Gasteiger partial charge in [0.2, 0.25) is 0 Å². The second-order valence-electron chi connectivity index (χ2n) is 12.4. The van der Waals surface area contributed by atoms with Crippen LogP contribution in [0.15, 0.2) is 65.6 Å². The first-order valence-electron chi connectivity index (χ1n) is 15.1. The van der Waals surface area contributed by atoms with Crippen LogP contribution in [0.2, 0.25) is 5.02 Å². The first-order valence-corrected chi connectivity index (χ1v) is 17.0. The highest BCUT2D eigenvalue weighted by molar-refractivity contribution is 7.92. The van der Waals surface area contributed by atoms with Crippen molar-refractivity contribution >= 4 is 39.0 Å². The zero-order chi connectivity index (χ0) is 33.7. The van der Waals surface area contributed by atoms with Crippen LogP contribution in [0.1, 0.15) is 41.6 Å². The fourth-order valence-electron chi connectivity index (χ4n) is 7.60. The molecule has 2 aliphatic carbocycles. The number of nitrogens with one attached hydrogen (secondary N) is 1. The predicted octanol–water partition coefficient (Wildman–Crippen LogP) is 5.31. The SMILES string of the molecule is COC(=O)C1CON(Cc2ccccc2)[C@H]1C1(O)CC2CCC(C1)C2S(=O)(=O)c1cc(C(=O)Nc2cc(F)c(F)c(F)c2)ccc1Cl. The predicted molar refractivity (Wildman–Crippen MR) is 164 cm³/mol. The third-order valence-electron chi connectivity index (χ3n) is 9.52. The lowest BCUT2D eigenvalue weighted by atomic mass is 9.70. The molecule has 1 saturated heterocycles. The van der Waals surface area contributed by atoms with Crippen LogP contribution in [0.3, 0.4) is 0 Å². The molecule has 0 spiro atoms. The van der Waals surface area contributed by atoms with Crippen molar-refractivity contribution in [2.75, 3.05) is 19.0 Å².